The van der Waals surface area contributed by atoms with Gasteiger partial charge in [-0.3, -0.25) is 4.79 Å². The van der Waals surface area contributed by atoms with Crippen molar-refractivity contribution in [3.05, 3.63) is 35.9 Å². The van der Waals surface area contributed by atoms with E-state index in [1.807, 2.05) is 18.2 Å². The molecular formula is C16H23BN2O3. The summed E-state index contributed by atoms with van der Waals surface area (Å²) in [6, 6.07) is 10.1. The van der Waals surface area contributed by atoms with Crippen LogP contribution in [-0.4, -0.2) is 53.0 Å². The van der Waals surface area contributed by atoms with Crippen molar-refractivity contribution < 1.29 is 14.8 Å². The van der Waals surface area contributed by atoms with Crippen molar-refractivity contribution in [2.75, 3.05) is 13.1 Å². The number of nitrogens with zero attached hydrogens (tertiary/aromatic N) is 1. The van der Waals surface area contributed by atoms with Gasteiger partial charge in [-0.05, 0) is 43.7 Å². The van der Waals surface area contributed by atoms with Crippen molar-refractivity contribution in [1.82, 2.24) is 10.2 Å². The van der Waals surface area contributed by atoms with E-state index in [-0.39, 0.29) is 11.9 Å². The lowest BCUT2D eigenvalue weighted by atomic mass is 9.77. The number of likely N-dealkylation sites (tertiary alicyclic amines) is 1. The number of hydrogen-bond acceptors (Lipinski definition) is 4. The van der Waals surface area contributed by atoms with Gasteiger partial charge in [0, 0.05) is 6.54 Å². The van der Waals surface area contributed by atoms with Crippen LogP contribution in [0.5, 0.6) is 0 Å². The summed E-state index contributed by atoms with van der Waals surface area (Å²) in [5.74, 6) is 0.0325. The number of rotatable bonds is 4. The Morgan fingerprint density at radius 2 is 2.09 bits per heavy atom. The molecule has 2 saturated heterocycles. The minimum Gasteiger partial charge on any atom is -0.426 e. The highest BCUT2D eigenvalue weighted by Crippen LogP contribution is 2.24. The van der Waals surface area contributed by atoms with Gasteiger partial charge >= 0.3 is 7.12 Å². The van der Waals surface area contributed by atoms with Gasteiger partial charge in [-0.25, -0.2) is 0 Å². The minimum atomic E-state index is -1.44. The molecule has 5 nitrogen and oxygen atoms in total. The second-order valence-corrected chi connectivity index (χ2v) is 6.41. The summed E-state index contributed by atoms with van der Waals surface area (Å²) in [4.78, 5) is 14.2. The molecule has 1 amide bonds. The minimum absolute atomic E-state index is 0.0196. The maximum atomic E-state index is 12.6. The molecule has 3 rings (SSSR count). The van der Waals surface area contributed by atoms with E-state index >= 15 is 0 Å². The van der Waals surface area contributed by atoms with Gasteiger partial charge in [0.05, 0.1) is 12.0 Å². The lowest BCUT2D eigenvalue weighted by molar-refractivity contribution is -0.133. The molecule has 1 aromatic rings. The molecule has 0 aromatic heterocycles. The summed E-state index contributed by atoms with van der Waals surface area (Å²) in [5.41, 5.74) is 1.30. The van der Waals surface area contributed by atoms with Crippen LogP contribution in [0.4, 0.5) is 0 Å². The van der Waals surface area contributed by atoms with Crippen LogP contribution in [0.15, 0.2) is 30.3 Å². The third-order valence-electron chi connectivity index (χ3n) is 4.81. The van der Waals surface area contributed by atoms with E-state index in [1.54, 1.807) is 4.90 Å². The molecule has 2 aliphatic heterocycles. The van der Waals surface area contributed by atoms with Gasteiger partial charge in [0.2, 0.25) is 5.91 Å². The Balaban J connectivity index is 1.57. The van der Waals surface area contributed by atoms with Crippen LogP contribution in [0.2, 0.25) is 0 Å². The van der Waals surface area contributed by atoms with E-state index in [1.165, 1.54) is 5.56 Å². The molecule has 0 aliphatic carbocycles. The average Bonchev–Trinajstić information content (AvgIpc) is 3.16. The maximum absolute atomic E-state index is 12.6. The standard InChI is InChI=1S/C16H23BN2O3/c20-16(19-8-4-7-15(19)17(21)22)14-10-13(11-18-14)9-12-5-2-1-3-6-12/h1-3,5-6,13-15,18,21-22H,4,7-11H2/t13-,14?,15+/m1/s1. The molecule has 0 radical (unpaired) electrons. The second kappa shape index (κ2) is 6.81. The van der Waals surface area contributed by atoms with Crippen LogP contribution < -0.4 is 5.32 Å². The second-order valence-electron chi connectivity index (χ2n) is 6.41. The Hall–Kier alpha value is -1.37. The lowest BCUT2D eigenvalue weighted by Gasteiger charge is -2.26. The zero-order valence-corrected chi connectivity index (χ0v) is 12.7. The van der Waals surface area contributed by atoms with E-state index in [0.717, 1.165) is 25.8 Å². The number of amides is 1. The highest BCUT2D eigenvalue weighted by molar-refractivity contribution is 6.43. The first kappa shape index (κ1) is 15.5. The van der Waals surface area contributed by atoms with Gasteiger partial charge in [0.25, 0.3) is 0 Å². The molecule has 1 aromatic carbocycles. The van der Waals surface area contributed by atoms with Crippen LogP contribution in [0.3, 0.4) is 0 Å². The van der Waals surface area contributed by atoms with Gasteiger partial charge in [-0.1, -0.05) is 30.3 Å². The topological polar surface area (TPSA) is 72.8 Å². The fourth-order valence-electron chi connectivity index (χ4n) is 3.68. The Labute approximate surface area is 131 Å². The maximum Gasteiger partial charge on any atom is 0.475 e. The fraction of sp³-hybridized carbons (Fsp3) is 0.562. The van der Waals surface area contributed by atoms with E-state index in [2.05, 4.69) is 17.4 Å². The average molecular weight is 302 g/mol. The van der Waals surface area contributed by atoms with Gasteiger partial charge in [0.15, 0.2) is 0 Å². The van der Waals surface area contributed by atoms with Crippen molar-refractivity contribution in [3.63, 3.8) is 0 Å². The summed E-state index contributed by atoms with van der Waals surface area (Å²) >= 11 is 0. The first-order valence-corrected chi connectivity index (χ1v) is 8.09. The predicted octanol–water partition coefficient (Wildman–Crippen LogP) is 0.210. The van der Waals surface area contributed by atoms with Crippen LogP contribution in [0.25, 0.3) is 0 Å². The van der Waals surface area contributed by atoms with Crippen LogP contribution >= 0.6 is 0 Å². The summed E-state index contributed by atoms with van der Waals surface area (Å²) in [7, 11) is -1.44. The summed E-state index contributed by atoms with van der Waals surface area (Å²) in [6.45, 7) is 1.47. The van der Waals surface area contributed by atoms with Crippen LogP contribution in [-0.2, 0) is 11.2 Å². The van der Waals surface area contributed by atoms with E-state index < -0.39 is 13.1 Å². The molecule has 0 saturated carbocycles. The van der Waals surface area contributed by atoms with Crippen molar-refractivity contribution in [3.8, 4) is 0 Å². The number of carbonyl (C=O) groups is 1. The van der Waals surface area contributed by atoms with Crippen LogP contribution in [0.1, 0.15) is 24.8 Å². The molecule has 1 unspecified atom stereocenters. The summed E-state index contributed by atoms with van der Waals surface area (Å²) in [6.07, 6.45) is 3.31. The van der Waals surface area contributed by atoms with Crippen LogP contribution in [0, 0.1) is 5.92 Å². The van der Waals surface area contributed by atoms with E-state index in [4.69, 9.17) is 0 Å². The molecule has 2 heterocycles. The molecule has 6 heteroatoms. The third kappa shape index (κ3) is 3.34. The Bertz CT molecular complexity index is 511. The van der Waals surface area contributed by atoms with E-state index in [9.17, 15) is 14.8 Å². The number of carbonyl (C=O) groups excluding carboxylic acids is 1. The van der Waals surface area contributed by atoms with Crippen molar-refractivity contribution in [1.29, 1.82) is 0 Å². The molecule has 3 atom stereocenters. The third-order valence-corrected chi connectivity index (χ3v) is 4.81. The molecule has 22 heavy (non-hydrogen) atoms. The number of nitrogens with one attached hydrogen (secondary N) is 1. The normalized spacial score (nSPS) is 28.1. The fourth-order valence-corrected chi connectivity index (χ4v) is 3.68. The number of hydrogen-bond donors (Lipinski definition) is 3. The van der Waals surface area contributed by atoms with Gasteiger partial charge in [-0.15, -0.1) is 0 Å². The number of benzene rings is 1. The molecule has 2 fully saturated rings. The van der Waals surface area contributed by atoms with Crippen molar-refractivity contribution in [2.45, 2.75) is 37.7 Å². The van der Waals surface area contributed by atoms with Gasteiger partial charge in [0.1, 0.15) is 0 Å². The molecule has 3 N–H and O–H groups in total. The smallest absolute Gasteiger partial charge is 0.426 e. The largest absolute Gasteiger partial charge is 0.475 e. The van der Waals surface area contributed by atoms with Crippen molar-refractivity contribution in [2.24, 2.45) is 5.92 Å². The summed E-state index contributed by atoms with van der Waals surface area (Å²) in [5, 5.41) is 22.1. The van der Waals surface area contributed by atoms with Crippen molar-refractivity contribution >= 4 is 13.0 Å². The Kier molecular flexibility index (Phi) is 4.81. The SMILES string of the molecule is O=C(C1C[C@@H](Cc2ccccc2)CN1)N1CCC[C@H]1B(O)O. The molecule has 118 valence electrons. The van der Waals surface area contributed by atoms with Gasteiger partial charge in [-0.2, -0.15) is 0 Å². The molecule has 2 aliphatic rings. The predicted molar refractivity (Wildman–Crippen MR) is 85.0 cm³/mol. The Morgan fingerprint density at radius 3 is 2.82 bits per heavy atom. The lowest BCUT2D eigenvalue weighted by Crippen LogP contribution is -2.51. The zero-order chi connectivity index (χ0) is 15.5. The summed E-state index contributed by atoms with van der Waals surface area (Å²) < 4.78 is 0. The highest BCUT2D eigenvalue weighted by Gasteiger charge is 2.41. The molecular weight excluding hydrogens is 279 g/mol. The van der Waals surface area contributed by atoms with E-state index in [0.29, 0.717) is 18.9 Å². The monoisotopic (exact) mass is 302 g/mol. The Morgan fingerprint density at radius 1 is 1.32 bits per heavy atom. The molecule has 0 bridgehead atoms. The molecule has 0 spiro atoms. The first-order chi connectivity index (χ1) is 10.6. The van der Waals surface area contributed by atoms with Gasteiger partial charge < -0.3 is 20.3 Å². The zero-order valence-electron chi connectivity index (χ0n) is 12.7. The highest BCUT2D eigenvalue weighted by atomic mass is 16.4. The quantitative estimate of drug-likeness (QED) is 0.695. The first-order valence-electron chi connectivity index (χ1n) is 8.09.